The van der Waals surface area contributed by atoms with Gasteiger partial charge in [0, 0.05) is 0 Å². The number of aliphatic hydroxyl groups is 1. The third-order valence-corrected chi connectivity index (χ3v) is 14.3. The topological polar surface area (TPSA) is 72.3 Å². The van der Waals surface area contributed by atoms with Crippen LogP contribution in [-0.4, -0.2) is 27.1 Å². The molecular weight excluding hydrogens is 532 g/mol. The van der Waals surface area contributed by atoms with Crippen LogP contribution in [0.1, 0.15) is 129 Å². The molecule has 4 fully saturated rings. The molecule has 0 aliphatic heterocycles. The molecular formula is C38H56N2O3. The van der Waals surface area contributed by atoms with Crippen LogP contribution >= 0.6 is 0 Å². The number of carbonyl (C=O) groups excluding carboxylic acids is 1. The van der Waals surface area contributed by atoms with E-state index in [1.807, 2.05) is 20.8 Å². The van der Waals surface area contributed by atoms with Crippen molar-refractivity contribution in [1.82, 2.24) is 9.97 Å². The van der Waals surface area contributed by atoms with E-state index in [9.17, 15) is 9.90 Å². The average Bonchev–Trinajstić information content (AvgIpc) is 2.92. The smallest absolute Gasteiger partial charge is 0.313 e. The fraction of sp³-hybridized carbons (Fsp3) is 0.763. The van der Waals surface area contributed by atoms with Gasteiger partial charge in [0.1, 0.15) is 6.61 Å². The van der Waals surface area contributed by atoms with Crippen LogP contribution < -0.4 is 0 Å². The Morgan fingerprint density at radius 1 is 0.837 bits per heavy atom. The Kier molecular flexibility index (Phi) is 7.02. The highest BCUT2D eigenvalue weighted by molar-refractivity contribution is 5.79. The number of carbonyl (C=O) groups is 1. The second-order valence-corrected chi connectivity index (χ2v) is 17.3. The molecule has 1 aromatic rings. The lowest BCUT2D eigenvalue weighted by atomic mass is 9.36. The number of rotatable bonds is 3. The molecule has 1 heterocycles. The lowest BCUT2D eigenvalue weighted by Gasteiger charge is -2.68. The summed E-state index contributed by atoms with van der Waals surface area (Å²) < 4.78 is 6.23. The number of allylic oxidation sites excluding steroid dienone is 4. The summed E-state index contributed by atoms with van der Waals surface area (Å²) in [5.74, 6) is 0.623. The van der Waals surface area contributed by atoms with E-state index in [4.69, 9.17) is 9.72 Å². The molecule has 1 N–H and O–H groups in total. The Bertz CT molecular complexity index is 1410. The molecule has 7 atom stereocenters. The van der Waals surface area contributed by atoms with Crippen LogP contribution in [-0.2, 0) is 16.1 Å². The number of esters is 1. The van der Waals surface area contributed by atoms with E-state index in [1.54, 1.807) is 5.57 Å². The lowest BCUT2D eigenvalue weighted by Crippen LogP contribution is -2.61. The van der Waals surface area contributed by atoms with Crippen molar-refractivity contribution in [3.05, 3.63) is 46.1 Å². The summed E-state index contributed by atoms with van der Waals surface area (Å²) in [4.78, 5) is 23.7. The van der Waals surface area contributed by atoms with Crippen molar-refractivity contribution in [2.75, 3.05) is 0 Å². The fourth-order valence-electron chi connectivity index (χ4n) is 11.1. The molecule has 0 amide bonds. The summed E-state index contributed by atoms with van der Waals surface area (Å²) >= 11 is 0. The van der Waals surface area contributed by atoms with Gasteiger partial charge in [-0.05, 0) is 117 Å². The Balaban J connectivity index is 1.38. The Morgan fingerprint density at radius 3 is 2.23 bits per heavy atom. The van der Waals surface area contributed by atoms with Crippen molar-refractivity contribution < 1.29 is 14.6 Å². The van der Waals surface area contributed by atoms with Gasteiger partial charge in [-0.3, -0.25) is 14.8 Å². The zero-order chi connectivity index (χ0) is 31.4. The van der Waals surface area contributed by atoms with Crippen molar-refractivity contribution in [2.45, 2.75) is 140 Å². The summed E-state index contributed by atoms with van der Waals surface area (Å²) in [6.45, 7) is 23.0. The van der Waals surface area contributed by atoms with Gasteiger partial charge in [0.25, 0.3) is 0 Å². The number of aromatic nitrogens is 2. The van der Waals surface area contributed by atoms with Crippen molar-refractivity contribution in [1.29, 1.82) is 0 Å². The Morgan fingerprint density at radius 2 is 1.51 bits per heavy atom. The number of fused-ring (bicyclic) bond motifs is 7. The van der Waals surface area contributed by atoms with Crippen LogP contribution in [0.15, 0.2) is 23.3 Å². The van der Waals surface area contributed by atoms with Crippen molar-refractivity contribution >= 4 is 5.97 Å². The second-order valence-electron chi connectivity index (χ2n) is 17.3. The van der Waals surface area contributed by atoms with E-state index in [1.165, 1.54) is 5.57 Å². The number of aryl methyl sites for hydroxylation is 3. The van der Waals surface area contributed by atoms with Gasteiger partial charge < -0.3 is 9.84 Å². The van der Waals surface area contributed by atoms with E-state index >= 15 is 0 Å². The van der Waals surface area contributed by atoms with Crippen molar-refractivity contribution in [2.24, 2.45) is 44.3 Å². The molecule has 0 radical (unpaired) electrons. The predicted molar refractivity (Wildman–Crippen MR) is 171 cm³/mol. The van der Waals surface area contributed by atoms with Crippen LogP contribution in [0.5, 0.6) is 0 Å². The number of aliphatic hydroxyl groups excluding tert-OH is 1. The average molecular weight is 589 g/mol. The van der Waals surface area contributed by atoms with E-state index < -0.39 is 5.41 Å². The Hall–Kier alpha value is -2.01. The molecule has 0 bridgehead atoms. The molecule has 1 aromatic heterocycles. The summed E-state index contributed by atoms with van der Waals surface area (Å²) in [5.41, 5.74) is 6.28. The zero-order valence-corrected chi connectivity index (χ0v) is 28.6. The highest BCUT2D eigenvalue weighted by atomic mass is 16.5. The molecule has 5 heteroatoms. The first-order valence-electron chi connectivity index (χ1n) is 17.0. The van der Waals surface area contributed by atoms with Crippen LogP contribution in [0.25, 0.3) is 0 Å². The van der Waals surface area contributed by atoms with Gasteiger partial charge in [0.05, 0.1) is 34.3 Å². The standard InChI is InChI=1S/C38H56N2O3/c1-23-24(2)40-28(25(3)39-23)22-43-32(42)38-19-17-33(4,5)21-27(38)26-11-12-30-35(8)15-14-31(41)34(6,7)29(35)13-16-37(30,10)36(26,9)18-20-38/h11-12,27,29,31,41H,13-22H2,1-10H3/t27?,29?,31-,35-,36+,37+,38?/m0/s1. The molecule has 0 aromatic carbocycles. The predicted octanol–water partition coefficient (Wildman–Crippen LogP) is 8.53. The number of hydrogen-bond donors (Lipinski definition) is 1. The summed E-state index contributed by atoms with van der Waals surface area (Å²) in [6.07, 6.45) is 13.8. The minimum atomic E-state index is -0.484. The SMILES string of the molecule is Cc1nc(C)c(COC(=O)C23CCC(C)(C)CC2C2=CC=C4[C@@]5(C)CC[C@H](O)C(C)(C)C5CC[C@@]4(C)[C@]2(C)CC3)nc1C. The van der Waals surface area contributed by atoms with Crippen LogP contribution in [0.2, 0.25) is 0 Å². The fourth-order valence-corrected chi connectivity index (χ4v) is 11.1. The molecule has 4 saturated carbocycles. The second kappa shape index (κ2) is 9.74. The maximum Gasteiger partial charge on any atom is 0.313 e. The maximum atomic E-state index is 14.3. The van der Waals surface area contributed by atoms with E-state index in [2.05, 4.69) is 65.6 Å². The summed E-state index contributed by atoms with van der Waals surface area (Å²) in [5, 5.41) is 11.0. The molecule has 236 valence electrons. The van der Waals surface area contributed by atoms with Crippen molar-refractivity contribution in [3.63, 3.8) is 0 Å². The monoisotopic (exact) mass is 588 g/mol. The first-order valence-corrected chi connectivity index (χ1v) is 17.0. The van der Waals surface area contributed by atoms with E-state index in [0.29, 0.717) is 5.92 Å². The van der Waals surface area contributed by atoms with Crippen LogP contribution in [0.3, 0.4) is 0 Å². The van der Waals surface area contributed by atoms with Gasteiger partial charge in [-0.15, -0.1) is 0 Å². The molecule has 0 saturated heterocycles. The van der Waals surface area contributed by atoms with Crippen LogP contribution in [0, 0.1) is 65.1 Å². The highest BCUT2D eigenvalue weighted by Gasteiger charge is 2.67. The first kappa shape index (κ1) is 31.0. The van der Waals surface area contributed by atoms with Gasteiger partial charge >= 0.3 is 5.97 Å². The molecule has 0 spiro atoms. The quantitative estimate of drug-likeness (QED) is 0.358. The molecule has 3 unspecified atom stereocenters. The maximum absolute atomic E-state index is 14.3. The third kappa shape index (κ3) is 4.29. The molecule has 6 rings (SSSR count). The van der Waals surface area contributed by atoms with Gasteiger partial charge in [-0.25, -0.2) is 0 Å². The van der Waals surface area contributed by atoms with E-state index in [0.717, 1.165) is 80.6 Å². The van der Waals surface area contributed by atoms with Gasteiger partial charge in [-0.1, -0.05) is 71.8 Å². The lowest BCUT2D eigenvalue weighted by molar-refractivity contribution is -0.172. The number of hydrogen-bond acceptors (Lipinski definition) is 5. The van der Waals surface area contributed by atoms with Gasteiger partial charge in [0.15, 0.2) is 0 Å². The molecule has 5 aliphatic rings. The normalized spacial score (nSPS) is 41.0. The third-order valence-electron chi connectivity index (χ3n) is 14.3. The van der Waals surface area contributed by atoms with Gasteiger partial charge in [-0.2, -0.15) is 0 Å². The zero-order valence-electron chi connectivity index (χ0n) is 28.6. The van der Waals surface area contributed by atoms with Crippen molar-refractivity contribution in [3.8, 4) is 0 Å². The number of nitrogens with zero attached hydrogens (tertiary/aromatic N) is 2. The van der Waals surface area contributed by atoms with E-state index in [-0.39, 0.29) is 51.7 Å². The largest absolute Gasteiger partial charge is 0.459 e. The minimum Gasteiger partial charge on any atom is -0.459 e. The Labute approximate surface area is 260 Å². The van der Waals surface area contributed by atoms with Crippen LogP contribution in [0.4, 0.5) is 0 Å². The summed E-state index contributed by atoms with van der Waals surface area (Å²) in [7, 11) is 0. The van der Waals surface area contributed by atoms with Gasteiger partial charge in [0.2, 0.25) is 0 Å². The molecule has 43 heavy (non-hydrogen) atoms. The molecule has 5 aliphatic carbocycles. The minimum absolute atomic E-state index is 0.00324. The summed E-state index contributed by atoms with van der Waals surface area (Å²) in [6, 6.07) is 0. The number of ether oxygens (including phenoxy) is 1. The first-order chi connectivity index (χ1) is 19.9. The highest BCUT2D eigenvalue weighted by Crippen LogP contribution is 2.74. The molecule has 5 nitrogen and oxygen atoms in total.